The maximum Gasteiger partial charge on any atom is 0.338 e. The van der Waals surface area contributed by atoms with Crippen LogP contribution in [0.5, 0.6) is 0 Å². The molecule has 2 atom stereocenters. The predicted octanol–water partition coefficient (Wildman–Crippen LogP) is 1.29. The number of nitrogens with one attached hydrogen (secondary N) is 1. The first-order valence-electron chi connectivity index (χ1n) is 9.45. The number of fused-ring (bicyclic) bond motifs is 1. The number of carboxylic acid groups (broad SMARTS) is 1. The van der Waals surface area contributed by atoms with E-state index in [0.717, 1.165) is 12.3 Å². The van der Waals surface area contributed by atoms with Crippen LogP contribution in [0.4, 0.5) is 5.69 Å². The highest BCUT2D eigenvalue weighted by Gasteiger charge is 2.38. The quantitative estimate of drug-likeness (QED) is 0.597. The first-order valence-corrected chi connectivity index (χ1v) is 9.45. The molecule has 1 aromatic heterocycles. The van der Waals surface area contributed by atoms with Crippen LogP contribution in [0.1, 0.15) is 10.4 Å². The second kappa shape index (κ2) is 9.64. The van der Waals surface area contributed by atoms with E-state index in [2.05, 4.69) is 20.3 Å². The van der Waals surface area contributed by atoms with E-state index in [0.29, 0.717) is 31.3 Å². The van der Waals surface area contributed by atoms with Crippen molar-refractivity contribution in [1.29, 1.82) is 0 Å². The molecule has 1 aliphatic heterocycles. The van der Waals surface area contributed by atoms with Gasteiger partial charge in [-0.15, -0.1) is 0 Å². The van der Waals surface area contributed by atoms with E-state index < -0.39 is 5.97 Å². The van der Waals surface area contributed by atoms with Gasteiger partial charge in [0.2, 0.25) is 0 Å². The van der Waals surface area contributed by atoms with E-state index in [1.807, 2.05) is 37.3 Å². The van der Waals surface area contributed by atoms with Crippen LogP contribution >= 0.6 is 0 Å². The standard InChI is InChI=1S/C20H27N5O4/c1-24(2)8-10-29-11-9-25-18-12-14(28-3)4-5-16(18)19(23-25)22-17-13-21-7-6-15(17)20(26)27/h4-7,12-13,16,18H,8-11H2,1-3H3,(H,22,23)(H,26,27). The number of hydrazine groups is 1. The molecule has 0 amide bonds. The van der Waals surface area contributed by atoms with Gasteiger partial charge in [0.25, 0.3) is 0 Å². The molecule has 2 unspecified atom stereocenters. The zero-order valence-electron chi connectivity index (χ0n) is 16.9. The molecule has 1 aromatic rings. The predicted molar refractivity (Wildman–Crippen MR) is 109 cm³/mol. The molecule has 29 heavy (non-hydrogen) atoms. The average Bonchev–Trinajstić information content (AvgIpc) is 3.04. The number of nitrogens with zero attached hydrogens (tertiary/aromatic N) is 4. The number of carboxylic acids is 1. The number of aromatic carboxylic acids is 1. The van der Waals surface area contributed by atoms with E-state index in [4.69, 9.17) is 9.47 Å². The summed E-state index contributed by atoms with van der Waals surface area (Å²) in [6, 6.07) is 1.44. The lowest BCUT2D eigenvalue weighted by atomic mass is 9.94. The number of hydrogen-bond donors (Lipinski definition) is 2. The van der Waals surface area contributed by atoms with Crippen molar-refractivity contribution in [2.75, 3.05) is 47.5 Å². The van der Waals surface area contributed by atoms with E-state index in [9.17, 15) is 9.90 Å². The molecule has 0 spiro atoms. The number of ether oxygens (including phenoxy) is 2. The van der Waals surface area contributed by atoms with Gasteiger partial charge in [0.05, 0.1) is 49.7 Å². The Labute approximate surface area is 170 Å². The van der Waals surface area contributed by atoms with E-state index in [1.54, 1.807) is 7.11 Å². The molecule has 0 aromatic carbocycles. The number of aliphatic imine (C=N–C) groups is 1. The number of methoxy groups -OCH3 is 1. The lowest BCUT2D eigenvalue weighted by molar-refractivity contribution is 0.0697. The minimum Gasteiger partial charge on any atom is -0.497 e. The van der Waals surface area contributed by atoms with E-state index in [1.165, 1.54) is 18.5 Å². The van der Waals surface area contributed by atoms with Crippen molar-refractivity contribution in [3.05, 3.63) is 48.0 Å². The lowest BCUT2D eigenvalue weighted by Gasteiger charge is -2.25. The molecular formula is C20H27N5O4. The summed E-state index contributed by atoms with van der Waals surface area (Å²) in [4.78, 5) is 22.2. The molecule has 2 heterocycles. The Balaban J connectivity index is 1.77. The molecule has 1 aliphatic carbocycles. The fraction of sp³-hybridized carbons (Fsp3) is 0.450. The summed E-state index contributed by atoms with van der Waals surface area (Å²) >= 11 is 0. The van der Waals surface area contributed by atoms with Crippen LogP contribution < -0.4 is 5.43 Å². The zero-order valence-corrected chi connectivity index (χ0v) is 16.9. The molecule has 1 fully saturated rings. The molecule has 0 saturated carbocycles. The molecule has 2 N–H and O–H groups in total. The summed E-state index contributed by atoms with van der Waals surface area (Å²) in [6.45, 7) is 2.73. The number of rotatable bonds is 9. The maximum absolute atomic E-state index is 11.5. The summed E-state index contributed by atoms with van der Waals surface area (Å²) in [6.07, 6.45) is 8.85. The zero-order chi connectivity index (χ0) is 20.8. The van der Waals surface area contributed by atoms with Crippen LogP contribution in [0.25, 0.3) is 0 Å². The molecule has 1 saturated heterocycles. The second-order valence-corrected chi connectivity index (χ2v) is 7.06. The third-order valence-corrected chi connectivity index (χ3v) is 4.77. The normalized spacial score (nSPS) is 22.5. The Morgan fingerprint density at radius 1 is 1.41 bits per heavy atom. The van der Waals surface area contributed by atoms with E-state index >= 15 is 0 Å². The van der Waals surface area contributed by atoms with Gasteiger partial charge in [-0.2, -0.15) is 0 Å². The van der Waals surface area contributed by atoms with Crippen LogP contribution in [-0.2, 0) is 9.47 Å². The highest BCUT2D eigenvalue weighted by molar-refractivity contribution is 5.97. The van der Waals surface area contributed by atoms with Crippen molar-refractivity contribution in [3.63, 3.8) is 0 Å². The number of hydrogen-bond acceptors (Lipinski definition) is 7. The van der Waals surface area contributed by atoms with Gasteiger partial charge in [0.1, 0.15) is 11.6 Å². The third kappa shape index (κ3) is 5.20. The van der Waals surface area contributed by atoms with Gasteiger partial charge < -0.3 is 24.9 Å². The maximum atomic E-state index is 11.5. The highest BCUT2D eigenvalue weighted by atomic mass is 16.5. The van der Waals surface area contributed by atoms with Crippen LogP contribution in [0.3, 0.4) is 0 Å². The van der Waals surface area contributed by atoms with Gasteiger partial charge in [-0.25, -0.2) is 14.8 Å². The number of likely N-dealkylation sites (N-methyl/N-ethyl adjacent to an activating group) is 1. The largest absolute Gasteiger partial charge is 0.497 e. The summed E-state index contributed by atoms with van der Waals surface area (Å²) < 4.78 is 11.1. The smallest absolute Gasteiger partial charge is 0.338 e. The van der Waals surface area contributed by atoms with Gasteiger partial charge in [-0.3, -0.25) is 4.98 Å². The minimum absolute atomic E-state index is 0.00361. The highest BCUT2D eigenvalue weighted by Crippen LogP contribution is 2.29. The van der Waals surface area contributed by atoms with Crippen LogP contribution in [-0.4, -0.2) is 85.4 Å². The molecule has 2 aliphatic rings. The third-order valence-electron chi connectivity index (χ3n) is 4.77. The minimum atomic E-state index is -1.03. The molecule has 3 rings (SSSR count). The van der Waals surface area contributed by atoms with Gasteiger partial charge in [-0.05, 0) is 32.3 Å². The number of pyridine rings is 1. The monoisotopic (exact) mass is 401 g/mol. The number of aromatic nitrogens is 1. The first kappa shape index (κ1) is 21.0. The Kier molecular flexibility index (Phi) is 6.97. The Morgan fingerprint density at radius 2 is 2.24 bits per heavy atom. The molecule has 156 valence electrons. The molecule has 0 bridgehead atoms. The van der Waals surface area contributed by atoms with Crippen LogP contribution in [0, 0.1) is 5.92 Å². The van der Waals surface area contributed by atoms with Gasteiger partial charge in [0.15, 0.2) is 0 Å². The Hall–Kier alpha value is -2.75. The van der Waals surface area contributed by atoms with E-state index in [-0.39, 0.29) is 17.5 Å². The Morgan fingerprint density at radius 3 is 2.97 bits per heavy atom. The van der Waals surface area contributed by atoms with Crippen LogP contribution in [0.2, 0.25) is 0 Å². The van der Waals surface area contributed by atoms with Gasteiger partial charge in [-0.1, -0.05) is 6.08 Å². The summed E-state index contributed by atoms with van der Waals surface area (Å²) in [5.41, 5.74) is 3.75. The van der Waals surface area contributed by atoms with Crippen LogP contribution in [0.15, 0.2) is 47.4 Å². The SMILES string of the molecule is COC1=CC2C(C=C1)C(=Nc1cnccc1C(=O)O)NN2CCOCCN(C)C. The second-order valence-electron chi connectivity index (χ2n) is 7.06. The van der Waals surface area contributed by atoms with Crippen molar-refractivity contribution in [3.8, 4) is 0 Å². The molecule has 9 heteroatoms. The lowest BCUT2D eigenvalue weighted by Crippen LogP contribution is -2.40. The number of amidine groups is 1. The molecule has 9 nitrogen and oxygen atoms in total. The van der Waals surface area contributed by atoms with Crippen molar-refractivity contribution in [2.24, 2.45) is 10.9 Å². The Bertz CT molecular complexity index is 821. The summed E-state index contributed by atoms with van der Waals surface area (Å²) in [5, 5.41) is 11.4. The number of carbonyl (C=O) groups is 1. The van der Waals surface area contributed by atoms with Gasteiger partial charge in [0, 0.05) is 19.3 Å². The molecule has 0 radical (unpaired) electrons. The van der Waals surface area contributed by atoms with Crippen molar-refractivity contribution in [2.45, 2.75) is 6.04 Å². The topological polar surface area (TPSA) is 99.5 Å². The average molecular weight is 401 g/mol. The summed E-state index contributed by atoms with van der Waals surface area (Å²) in [7, 11) is 5.65. The fourth-order valence-electron chi connectivity index (χ4n) is 3.21. The fourth-order valence-corrected chi connectivity index (χ4v) is 3.21. The number of allylic oxidation sites excluding steroid dienone is 1. The van der Waals surface area contributed by atoms with Crippen molar-refractivity contribution >= 4 is 17.5 Å². The van der Waals surface area contributed by atoms with Gasteiger partial charge >= 0.3 is 5.97 Å². The van der Waals surface area contributed by atoms with Crippen molar-refractivity contribution in [1.82, 2.24) is 20.3 Å². The van der Waals surface area contributed by atoms with Crippen molar-refractivity contribution < 1.29 is 19.4 Å². The first-order chi connectivity index (χ1) is 14.0. The molecular weight excluding hydrogens is 374 g/mol. The summed E-state index contributed by atoms with van der Waals surface area (Å²) in [5.74, 6) is 0.368.